The molecule has 35 heavy (non-hydrogen) atoms. The first-order valence-electron chi connectivity index (χ1n) is 12.5. The number of piperidine rings is 1. The number of hydrogen-bond acceptors (Lipinski definition) is 6. The number of benzene rings is 1. The van der Waals surface area contributed by atoms with Gasteiger partial charge in [0.05, 0.1) is 18.7 Å². The lowest BCUT2D eigenvalue weighted by molar-refractivity contribution is -0.130. The van der Waals surface area contributed by atoms with Gasteiger partial charge in [-0.2, -0.15) is 5.10 Å². The summed E-state index contributed by atoms with van der Waals surface area (Å²) in [5, 5.41) is 4.56. The number of aromatic nitrogens is 5. The van der Waals surface area contributed by atoms with Crippen LogP contribution in [-0.4, -0.2) is 80.4 Å². The molecular formula is C26H35N7O2. The van der Waals surface area contributed by atoms with Gasteiger partial charge in [0.2, 0.25) is 5.91 Å². The molecule has 4 heterocycles. The van der Waals surface area contributed by atoms with Crippen LogP contribution >= 0.6 is 0 Å². The molecule has 0 saturated carbocycles. The van der Waals surface area contributed by atoms with E-state index >= 15 is 0 Å². The molecule has 1 aromatic carbocycles. The lowest BCUT2D eigenvalue weighted by atomic mass is 9.88. The molecule has 2 aliphatic rings. The number of hydrogen-bond donors (Lipinski definition) is 0. The second-order valence-electron chi connectivity index (χ2n) is 10.1. The average molecular weight is 478 g/mol. The molecule has 0 radical (unpaired) electrons. The standard InChI is InChI=1S/C26H35N7O2/c1-17(2)33-26(27-18(3)29-33)22-15-32-12-13-35-23-14-20(6-7-21(23)25(32)28-22)19-8-10-31(11-9-19)16-24(34)30(4)5/h6-7,14-15,17,19H,8-13,16H2,1-5H3. The molecule has 2 aliphatic heterocycles. The zero-order chi connectivity index (χ0) is 24.7. The Hall–Kier alpha value is -3.20. The minimum absolute atomic E-state index is 0.165. The number of rotatable bonds is 5. The number of amides is 1. The number of ether oxygens (including phenoxy) is 1. The molecule has 9 nitrogen and oxygen atoms in total. The van der Waals surface area contributed by atoms with Crippen LogP contribution in [0.4, 0.5) is 0 Å². The van der Waals surface area contributed by atoms with Crippen molar-refractivity contribution in [3.8, 4) is 28.7 Å². The Morgan fingerprint density at radius 1 is 1.14 bits per heavy atom. The van der Waals surface area contributed by atoms with Gasteiger partial charge in [-0.05, 0) is 70.3 Å². The summed E-state index contributed by atoms with van der Waals surface area (Å²) in [6.45, 7) is 9.83. The fourth-order valence-corrected chi connectivity index (χ4v) is 4.98. The number of carbonyl (C=O) groups is 1. The normalized spacial score (nSPS) is 16.5. The van der Waals surface area contributed by atoms with Crippen molar-refractivity contribution in [2.24, 2.45) is 0 Å². The molecule has 0 atom stereocenters. The third kappa shape index (κ3) is 4.69. The van der Waals surface area contributed by atoms with E-state index in [1.807, 2.05) is 25.7 Å². The minimum atomic E-state index is 0.165. The second-order valence-corrected chi connectivity index (χ2v) is 10.1. The lowest BCUT2D eigenvalue weighted by Crippen LogP contribution is -2.40. The molecule has 1 saturated heterocycles. The van der Waals surface area contributed by atoms with Crippen LogP contribution in [0.15, 0.2) is 24.4 Å². The smallest absolute Gasteiger partial charge is 0.236 e. The van der Waals surface area contributed by atoms with Crippen LogP contribution in [0.5, 0.6) is 5.75 Å². The first-order chi connectivity index (χ1) is 16.8. The summed E-state index contributed by atoms with van der Waals surface area (Å²) in [5.41, 5.74) is 3.16. The topological polar surface area (TPSA) is 81.3 Å². The molecule has 1 amide bonds. The van der Waals surface area contributed by atoms with E-state index in [4.69, 9.17) is 9.72 Å². The van der Waals surface area contributed by atoms with Gasteiger partial charge in [0.1, 0.15) is 29.7 Å². The number of nitrogens with zero attached hydrogens (tertiary/aromatic N) is 7. The van der Waals surface area contributed by atoms with Crippen molar-refractivity contribution in [1.82, 2.24) is 34.1 Å². The Balaban J connectivity index is 1.37. The van der Waals surface area contributed by atoms with Crippen molar-refractivity contribution < 1.29 is 9.53 Å². The number of imidazole rings is 1. The van der Waals surface area contributed by atoms with Crippen LogP contribution in [0.3, 0.4) is 0 Å². The molecule has 186 valence electrons. The summed E-state index contributed by atoms with van der Waals surface area (Å²) in [7, 11) is 3.63. The first kappa shape index (κ1) is 23.5. The number of likely N-dealkylation sites (N-methyl/N-ethyl adjacent to an activating group) is 1. The Labute approximate surface area is 206 Å². The summed E-state index contributed by atoms with van der Waals surface area (Å²) < 4.78 is 10.3. The molecule has 0 N–H and O–H groups in total. The van der Waals surface area contributed by atoms with Gasteiger partial charge in [-0.25, -0.2) is 14.6 Å². The first-order valence-corrected chi connectivity index (χ1v) is 12.5. The number of aryl methyl sites for hydroxylation is 1. The van der Waals surface area contributed by atoms with Gasteiger partial charge >= 0.3 is 0 Å². The van der Waals surface area contributed by atoms with Crippen molar-refractivity contribution in [2.75, 3.05) is 40.3 Å². The number of fused-ring (bicyclic) bond motifs is 3. The molecule has 1 fully saturated rings. The Morgan fingerprint density at radius 2 is 1.91 bits per heavy atom. The van der Waals surface area contributed by atoms with E-state index in [2.05, 4.69) is 57.8 Å². The highest BCUT2D eigenvalue weighted by molar-refractivity contribution is 5.77. The monoisotopic (exact) mass is 477 g/mol. The van der Waals surface area contributed by atoms with E-state index < -0.39 is 0 Å². The summed E-state index contributed by atoms with van der Waals surface area (Å²) in [4.78, 5) is 25.6. The third-order valence-corrected chi connectivity index (χ3v) is 6.98. The Bertz CT molecular complexity index is 1220. The molecule has 0 spiro atoms. The van der Waals surface area contributed by atoms with Crippen LogP contribution in [0.25, 0.3) is 22.9 Å². The van der Waals surface area contributed by atoms with Gasteiger partial charge < -0.3 is 14.2 Å². The average Bonchev–Trinajstić information content (AvgIpc) is 3.39. The highest BCUT2D eigenvalue weighted by atomic mass is 16.5. The van der Waals surface area contributed by atoms with Crippen molar-refractivity contribution in [1.29, 1.82) is 0 Å². The third-order valence-electron chi connectivity index (χ3n) is 6.98. The zero-order valence-electron chi connectivity index (χ0n) is 21.4. The molecule has 3 aromatic rings. The predicted octanol–water partition coefficient (Wildman–Crippen LogP) is 3.36. The van der Waals surface area contributed by atoms with E-state index in [0.717, 1.165) is 67.0 Å². The van der Waals surface area contributed by atoms with E-state index in [1.54, 1.807) is 4.90 Å². The van der Waals surface area contributed by atoms with Crippen LogP contribution in [0, 0.1) is 6.92 Å². The van der Waals surface area contributed by atoms with Crippen LogP contribution < -0.4 is 4.74 Å². The van der Waals surface area contributed by atoms with Crippen molar-refractivity contribution >= 4 is 5.91 Å². The van der Waals surface area contributed by atoms with Crippen LogP contribution in [-0.2, 0) is 11.3 Å². The SMILES string of the molecule is Cc1nc(-c2cn3c(n2)-c2ccc(C4CCN(CC(=O)N(C)C)CC4)cc2OCC3)n(C(C)C)n1. The second kappa shape index (κ2) is 9.45. The Morgan fingerprint density at radius 3 is 2.63 bits per heavy atom. The van der Waals surface area contributed by atoms with E-state index in [-0.39, 0.29) is 11.9 Å². The summed E-state index contributed by atoms with van der Waals surface area (Å²) in [6.07, 6.45) is 4.15. The maximum Gasteiger partial charge on any atom is 0.236 e. The van der Waals surface area contributed by atoms with Crippen molar-refractivity contribution in [3.63, 3.8) is 0 Å². The van der Waals surface area contributed by atoms with Crippen LogP contribution in [0.1, 0.15) is 50.0 Å². The summed E-state index contributed by atoms with van der Waals surface area (Å²) in [5.74, 6) is 4.00. The summed E-state index contributed by atoms with van der Waals surface area (Å²) in [6, 6.07) is 6.78. The minimum Gasteiger partial charge on any atom is -0.491 e. The van der Waals surface area contributed by atoms with Gasteiger partial charge in [-0.15, -0.1) is 0 Å². The van der Waals surface area contributed by atoms with E-state index in [9.17, 15) is 4.79 Å². The number of likely N-dealkylation sites (tertiary alicyclic amines) is 1. The largest absolute Gasteiger partial charge is 0.491 e. The predicted molar refractivity (Wildman–Crippen MR) is 134 cm³/mol. The maximum absolute atomic E-state index is 12.1. The van der Waals surface area contributed by atoms with E-state index in [1.165, 1.54) is 5.56 Å². The van der Waals surface area contributed by atoms with Crippen molar-refractivity contribution in [2.45, 2.75) is 52.1 Å². The zero-order valence-corrected chi connectivity index (χ0v) is 21.4. The van der Waals surface area contributed by atoms with Crippen molar-refractivity contribution in [3.05, 3.63) is 35.8 Å². The fourth-order valence-electron chi connectivity index (χ4n) is 4.98. The molecule has 9 heteroatoms. The van der Waals surface area contributed by atoms with E-state index in [0.29, 0.717) is 19.1 Å². The molecule has 0 bridgehead atoms. The Kier molecular flexibility index (Phi) is 6.35. The number of carbonyl (C=O) groups excluding carboxylic acids is 1. The molecule has 0 unspecified atom stereocenters. The summed E-state index contributed by atoms with van der Waals surface area (Å²) >= 11 is 0. The van der Waals surface area contributed by atoms with Crippen LogP contribution in [0.2, 0.25) is 0 Å². The van der Waals surface area contributed by atoms with Gasteiger partial charge in [-0.3, -0.25) is 9.69 Å². The van der Waals surface area contributed by atoms with Gasteiger partial charge in [0, 0.05) is 26.3 Å². The van der Waals surface area contributed by atoms with Gasteiger partial charge in [-0.1, -0.05) is 6.07 Å². The molecule has 5 rings (SSSR count). The molecule has 0 aliphatic carbocycles. The fraction of sp³-hybridized carbons (Fsp3) is 0.538. The quantitative estimate of drug-likeness (QED) is 0.561. The van der Waals surface area contributed by atoms with Gasteiger partial charge in [0.15, 0.2) is 5.82 Å². The lowest BCUT2D eigenvalue weighted by Gasteiger charge is -2.32. The molecular weight excluding hydrogens is 442 g/mol. The highest BCUT2D eigenvalue weighted by Crippen LogP contribution is 2.38. The van der Waals surface area contributed by atoms with Gasteiger partial charge in [0.25, 0.3) is 0 Å². The molecule has 2 aromatic heterocycles. The maximum atomic E-state index is 12.1. The highest BCUT2D eigenvalue weighted by Gasteiger charge is 2.26.